The number of amides is 1. The Morgan fingerprint density at radius 2 is 1.82 bits per heavy atom. The number of nitrogens with zero attached hydrogens (tertiary/aromatic N) is 2. The number of benzene rings is 1. The molecule has 0 bridgehead atoms. The maximum atomic E-state index is 12.5. The molecule has 0 saturated heterocycles. The van der Waals surface area contributed by atoms with Gasteiger partial charge in [-0.25, -0.2) is 4.98 Å². The summed E-state index contributed by atoms with van der Waals surface area (Å²) in [7, 11) is 1.63. The van der Waals surface area contributed by atoms with Crippen molar-refractivity contribution in [2.75, 3.05) is 20.1 Å². The Morgan fingerprint density at radius 3 is 2.39 bits per heavy atom. The van der Waals surface area contributed by atoms with E-state index in [0.717, 1.165) is 35.7 Å². The fraction of sp³-hybridized carbons (Fsp3) is 0.389. The number of aryl methyl sites for hydroxylation is 1. The standard InChI is InChI=1S/C18H22F3N5OS/c1-3-14-10-25-15(28-14)11-26-17(22-2)24-9-8-23-16(27)12-4-6-13(7-5-12)18(19,20)21/h4-7,10H,3,8-9,11H2,1-2H3,(H,23,27)(H2,22,24,26). The Morgan fingerprint density at radius 1 is 1.14 bits per heavy atom. The molecular formula is C18H22F3N5OS. The van der Waals surface area contributed by atoms with E-state index in [2.05, 4.69) is 32.9 Å². The number of carbonyl (C=O) groups is 1. The van der Waals surface area contributed by atoms with Gasteiger partial charge in [0.1, 0.15) is 5.01 Å². The lowest BCUT2D eigenvalue weighted by Gasteiger charge is -2.12. The van der Waals surface area contributed by atoms with Crippen LogP contribution in [0.2, 0.25) is 0 Å². The molecule has 0 atom stereocenters. The van der Waals surface area contributed by atoms with Crippen LogP contribution in [0.3, 0.4) is 0 Å². The first-order valence-corrected chi connectivity index (χ1v) is 9.48. The van der Waals surface area contributed by atoms with Gasteiger partial charge in [0, 0.05) is 36.8 Å². The van der Waals surface area contributed by atoms with Crippen LogP contribution in [0.4, 0.5) is 13.2 Å². The van der Waals surface area contributed by atoms with E-state index in [0.29, 0.717) is 19.0 Å². The third kappa shape index (κ3) is 6.52. The van der Waals surface area contributed by atoms with Crippen molar-refractivity contribution in [2.45, 2.75) is 26.1 Å². The number of thiazole rings is 1. The second-order valence-corrected chi connectivity index (χ2v) is 6.96. The molecule has 1 aromatic carbocycles. The second kappa shape index (κ2) is 10.1. The van der Waals surface area contributed by atoms with E-state index in [-0.39, 0.29) is 12.1 Å². The molecule has 1 aromatic heterocycles. The fourth-order valence-corrected chi connectivity index (χ4v) is 3.04. The van der Waals surface area contributed by atoms with Gasteiger partial charge in [0.2, 0.25) is 0 Å². The third-order valence-corrected chi connectivity index (χ3v) is 4.90. The normalized spacial score (nSPS) is 12.0. The second-order valence-electron chi connectivity index (χ2n) is 5.76. The van der Waals surface area contributed by atoms with Crippen molar-refractivity contribution in [3.05, 3.63) is 51.5 Å². The SMILES string of the molecule is CCc1cnc(CNC(=NC)NCCNC(=O)c2ccc(C(F)(F)F)cc2)s1. The van der Waals surface area contributed by atoms with Crippen LogP contribution in [-0.4, -0.2) is 37.0 Å². The van der Waals surface area contributed by atoms with Gasteiger partial charge in [-0.05, 0) is 30.7 Å². The van der Waals surface area contributed by atoms with Gasteiger partial charge < -0.3 is 16.0 Å². The molecule has 0 aliphatic heterocycles. The predicted molar refractivity (Wildman–Crippen MR) is 103 cm³/mol. The number of hydrogen-bond acceptors (Lipinski definition) is 4. The Balaban J connectivity index is 1.72. The van der Waals surface area contributed by atoms with Gasteiger partial charge in [0.25, 0.3) is 5.91 Å². The molecule has 1 amide bonds. The van der Waals surface area contributed by atoms with Gasteiger partial charge in [0.15, 0.2) is 5.96 Å². The summed E-state index contributed by atoms with van der Waals surface area (Å²) in [5.41, 5.74) is -0.613. The molecule has 3 N–H and O–H groups in total. The molecule has 2 aromatic rings. The Bertz CT molecular complexity index is 802. The van der Waals surface area contributed by atoms with E-state index in [4.69, 9.17) is 0 Å². The van der Waals surface area contributed by atoms with Crippen molar-refractivity contribution in [2.24, 2.45) is 4.99 Å². The number of aliphatic imine (C=N–C) groups is 1. The molecular weight excluding hydrogens is 391 g/mol. The minimum Gasteiger partial charge on any atom is -0.355 e. The van der Waals surface area contributed by atoms with Crippen LogP contribution in [0.5, 0.6) is 0 Å². The number of aromatic nitrogens is 1. The van der Waals surface area contributed by atoms with E-state index in [9.17, 15) is 18.0 Å². The molecule has 0 spiro atoms. The zero-order valence-corrected chi connectivity index (χ0v) is 16.4. The van der Waals surface area contributed by atoms with Crippen LogP contribution in [0.25, 0.3) is 0 Å². The molecule has 6 nitrogen and oxygen atoms in total. The molecule has 28 heavy (non-hydrogen) atoms. The van der Waals surface area contributed by atoms with Gasteiger partial charge in [-0.3, -0.25) is 9.79 Å². The van der Waals surface area contributed by atoms with Crippen molar-refractivity contribution in [3.8, 4) is 0 Å². The Hall–Kier alpha value is -2.62. The number of halogens is 3. The Labute approximate surface area is 165 Å². The van der Waals surface area contributed by atoms with Crippen LogP contribution in [0.1, 0.15) is 32.7 Å². The van der Waals surface area contributed by atoms with Crippen molar-refractivity contribution in [1.82, 2.24) is 20.9 Å². The van der Waals surface area contributed by atoms with Gasteiger partial charge in [-0.1, -0.05) is 6.92 Å². The van der Waals surface area contributed by atoms with Crippen LogP contribution >= 0.6 is 11.3 Å². The summed E-state index contributed by atoms with van der Waals surface area (Å²) in [4.78, 5) is 21.6. The zero-order chi connectivity index (χ0) is 20.6. The molecule has 1 heterocycles. The maximum Gasteiger partial charge on any atom is 0.416 e. The van der Waals surface area contributed by atoms with Gasteiger partial charge in [0.05, 0.1) is 12.1 Å². The van der Waals surface area contributed by atoms with E-state index in [1.807, 2.05) is 6.20 Å². The first kappa shape index (κ1) is 21.7. The van der Waals surface area contributed by atoms with E-state index in [1.165, 1.54) is 4.88 Å². The first-order chi connectivity index (χ1) is 13.3. The highest BCUT2D eigenvalue weighted by molar-refractivity contribution is 7.11. The lowest BCUT2D eigenvalue weighted by molar-refractivity contribution is -0.137. The molecule has 2 rings (SSSR count). The summed E-state index contributed by atoms with van der Waals surface area (Å²) in [6.45, 7) is 3.31. The number of carbonyl (C=O) groups excluding carboxylic acids is 1. The summed E-state index contributed by atoms with van der Waals surface area (Å²) in [6, 6.07) is 4.10. The number of rotatable bonds is 7. The van der Waals surface area contributed by atoms with Crippen LogP contribution in [0, 0.1) is 0 Å². The highest BCUT2D eigenvalue weighted by atomic mass is 32.1. The number of guanidine groups is 1. The molecule has 0 aliphatic carbocycles. The minimum absolute atomic E-state index is 0.172. The lowest BCUT2D eigenvalue weighted by Crippen LogP contribution is -2.41. The van der Waals surface area contributed by atoms with Crippen LogP contribution in [-0.2, 0) is 19.1 Å². The van der Waals surface area contributed by atoms with E-state index in [1.54, 1.807) is 18.4 Å². The highest BCUT2D eigenvalue weighted by Crippen LogP contribution is 2.29. The zero-order valence-electron chi connectivity index (χ0n) is 15.6. The van der Waals surface area contributed by atoms with Crippen molar-refractivity contribution >= 4 is 23.2 Å². The monoisotopic (exact) mass is 413 g/mol. The maximum absolute atomic E-state index is 12.5. The largest absolute Gasteiger partial charge is 0.416 e. The predicted octanol–water partition coefficient (Wildman–Crippen LogP) is 2.82. The van der Waals surface area contributed by atoms with Crippen LogP contribution < -0.4 is 16.0 Å². The van der Waals surface area contributed by atoms with Gasteiger partial charge in [-0.15, -0.1) is 11.3 Å². The van der Waals surface area contributed by atoms with Crippen LogP contribution in [0.15, 0.2) is 35.5 Å². The number of nitrogens with one attached hydrogen (secondary N) is 3. The molecule has 0 unspecified atom stereocenters. The summed E-state index contributed by atoms with van der Waals surface area (Å²) < 4.78 is 37.6. The lowest BCUT2D eigenvalue weighted by atomic mass is 10.1. The smallest absolute Gasteiger partial charge is 0.355 e. The van der Waals surface area contributed by atoms with Crippen molar-refractivity contribution in [3.63, 3.8) is 0 Å². The summed E-state index contributed by atoms with van der Waals surface area (Å²) >= 11 is 1.63. The molecule has 152 valence electrons. The minimum atomic E-state index is -4.42. The molecule has 0 radical (unpaired) electrons. The van der Waals surface area contributed by atoms with Gasteiger partial charge in [-0.2, -0.15) is 13.2 Å². The fourth-order valence-electron chi connectivity index (χ4n) is 2.24. The summed E-state index contributed by atoms with van der Waals surface area (Å²) in [6.07, 6.45) is -1.61. The topological polar surface area (TPSA) is 78.4 Å². The average Bonchev–Trinajstić information content (AvgIpc) is 3.14. The summed E-state index contributed by atoms with van der Waals surface area (Å²) in [5, 5.41) is 9.78. The van der Waals surface area contributed by atoms with Gasteiger partial charge >= 0.3 is 6.18 Å². The quantitative estimate of drug-likeness (QED) is 0.371. The molecule has 0 aliphatic rings. The van der Waals surface area contributed by atoms with Crippen molar-refractivity contribution < 1.29 is 18.0 Å². The van der Waals surface area contributed by atoms with E-state index < -0.39 is 17.6 Å². The number of alkyl halides is 3. The molecule has 0 fully saturated rings. The third-order valence-electron chi connectivity index (χ3n) is 3.76. The first-order valence-electron chi connectivity index (χ1n) is 8.67. The highest BCUT2D eigenvalue weighted by Gasteiger charge is 2.30. The Kier molecular flexibility index (Phi) is 7.80. The summed E-state index contributed by atoms with van der Waals surface area (Å²) in [5.74, 6) is 0.130. The molecule has 10 heteroatoms. The number of hydrogen-bond donors (Lipinski definition) is 3. The average molecular weight is 413 g/mol. The van der Waals surface area contributed by atoms with Crippen molar-refractivity contribution in [1.29, 1.82) is 0 Å². The molecule has 0 saturated carbocycles. The van der Waals surface area contributed by atoms with E-state index >= 15 is 0 Å².